The van der Waals surface area contributed by atoms with Crippen LogP contribution in [0.5, 0.6) is 0 Å². The highest BCUT2D eigenvalue weighted by atomic mass is 32.2. The second-order valence-electron chi connectivity index (χ2n) is 4.51. The van der Waals surface area contributed by atoms with Gasteiger partial charge in [0, 0.05) is 0 Å². The van der Waals surface area contributed by atoms with E-state index in [9.17, 15) is 21.6 Å². The summed E-state index contributed by atoms with van der Waals surface area (Å²) in [5, 5.41) is 0.489. The van der Waals surface area contributed by atoms with Crippen LogP contribution in [0, 0.1) is 0 Å². The number of pyridine rings is 1. The van der Waals surface area contributed by atoms with E-state index >= 15 is 0 Å². The van der Waals surface area contributed by atoms with E-state index < -0.39 is 15.5 Å². The van der Waals surface area contributed by atoms with Crippen LogP contribution in [0.3, 0.4) is 0 Å². The number of halogens is 3. The molecule has 0 atom stereocenters. The van der Waals surface area contributed by atoms with Crippen LogP contribution in [-0.2, 0) is 10.0 Å². The molecule has 0 bridgehead atoms. The summed E-state index contributed by atoms with van der Waals surface area (Å²) in [5.41, 5.74) is -4.95. The third kappa shape index (κ3) is 2.35. The molecule has 0 amide bonds. The maximum absolute atomic E-state index is 12.6. The topological polar surface area (TPSA) is 61.1 Å². The Kier molecular flexibility index (Phi) is 3.21. The third-order valence-corrected chi connectivity index (χ3v) is 4.07. The van der Waals surface area contributed by atoms with Crippen molar-refractivity contribution in [2.24, 2.45) is 0 Å². The zero-order chi connectivity index (χ0) is 16.0. The van der Waals surface area contributed by atoms with Crippen molar-refractivity contribution in [2.45, 2.75) is 5.51 Å². The fourth-order valence-electron chi connectivity index (χ4n) is 2.09. The van der Waals surface area contributed by atoms with Crippen LogP contribution in [0.1, 0.15) is 0 Å². The van der Waals surface area contributed by atoms with E-state index in [4.69, 9.17) is 0 Å². The van der Waals surface area contributed by atoms with Gasteiger partial charge >= 0.3 is 5.51 Å². The Morgan fingerprint density at radius 3 is 1.77 bits per heavy atom. The minimum Gasteiger partial charge on any atom is -0.568 e. The molecule has 114 valence electrons. The average Bonchev–Trinajstić information content (AvgIpc) is 2.45. The first-order valence-electron chi connectivity index (χ1n) is 6.11. The van der Waals surface area contributed by atoms with Crippen molar-refractivity contribution in [1.82, 2.24) is 4.98 Å². The molecule has 0 spiro atoms. The number of para-hydroxylation sites is 2. The molecule has 0 saturated carbocycles. The molecule has 3 aromatic rings. The van der Waals surface area contributed by atoms with Crippen molar-refractivity contribution >= 4 is 37.5 Å². The van der Waals surface area contributed by atoms with Gasteiger partial charge in [-0.05, 0) is 22.9 Å². The molecule has 2 aromatic carbocycles. The largest absolute Gasteiger partial charge is 0.568 e. The lowest BCUT2D eigenvalue weighted by Crippen LogP contribution is -2.21. The van der Waals surface area contributed by atoms with E-state index in [1.807, 2.05) is 0 Å². The van der Waals surface area contributed by atoms with Crippen LogP contribution in [0.15, 0.2) is 48.5 Å². The Labute approximate surface area is 123 Å². The summed E-state index contributed by atoms with van der Waals surface area (Å²) in [7, 11) is -5.64. The molecule has 4 nitrogen and oxygen atoms in total. The molecular weight excluding hydrogens is 317 g/mol. The number of sulfonamides is 1. The van der Waals surface area contributed by atoms with Crippen LogP contribution in [0.2, 0.25) is 0 Å². The number of benzene rings is 2. The van der Waals surface area contributed by atoms with Gasteiger partial charge < -0.3 is 4.72 Å². The maximum Gasteiger partial charge on any atom is 0.483 e. The first kappa shape index (κ1) is 14.6. The van der Waals surface area contributed by atoms with Crippen molar-refractivity contribution in [3.05, 3.63) is 53.3 Å². The average molecular weight is 325 g/mol. The van der Waals surface area contributed by atoms with Gasteiger partial charge in [0.15, 0.2) is 10.0 Å². The van der Waals surface area contributed by atoms with E-state index in [2.05, 4.69) is 9.71 Å². The number of rotatable bonds is 2. The van der Waals surface area contributed by atoms with Gasteiger partial charge in [0.25, 0.3) is 0 Å². The van der Waals surface area contributed by atoms with Crippen molar-refractivity contribution in [2.75, 3.05) is 0 Å². The molecule has 1 aromatic heterocycles. The lowest BCUT2D eigenvalue weighted by molar-refractivity contribution is -0.0425. The number of aromatic nitrogens is 1. The lowest BCUT2D eigenvalue weighted by Gasteiger charge is -2.26. The van der Waals surface area contributed by atoms with Crippen LogP contribution in [0.4, 0.5) is 18.9 Å². The fourth-order valence-corrected chi connectivity index (χ4v) is 2.63. The molecule has 8 heteroatoms. The number of hydrogen-bond acceptors (Lipinski definition) is 3. The van der Waals surface area contributed by atoms with Gasteiger partial charge in [-0.2, -0.15) is 13.2 Å². The monoisotopic (exact) mass is 325 g/mol. The molecule has 22 heavy (non-hydrogen) atoms. The van der Waals surface area contributed by atoms with E-state index in [1.54, 1.807) is 36.4 Å². The van der Waals surface area contributed by atoms with Crippen LogP contribution < -0.4 is 0 Å². The zero-order valence-corrected chi connectivity index (χ0v) is 11.7. The Balaban J connectivity index is 2.34. The summed E-state index contributed by atoms with van der Waals surface area (Å²) in [6.07, 6.45) is 0. The predicted octanol–water partition coefficient (Wildman–Crippen LogP) is 4.24. The minimum absolute atomic E-state index is 0.244. The molecule has 0 aliphatic rings. The Morgan fingerprint density at radius 2 is 1.32 bits per heavy atom. The molecule has 0 unspecified atom stereocenters. The van der Waals surface area contributed by atoms with Gasteiger partial charge in [0.1, 0.15) is 0 Å². The van der Waals surface area contributed by atoms with E-state index in [0.29, 0.717) is 11.0 Å². The van der Waals surface area contributed by atoms with Crippen LogP contribution >= 0.6 is 0 Å². The van der Waals surface area contributed by atoms with Gasteiger partial charge in [-0.15, -0.1) is 5.69 Å². The molecule has 1 heterocycles. The first-order chi connectivity index (χ1) is 10.3. The van der Waals surface area contributed by atoms with Crippen molar-refractivity contribution in [3.63, 3.8) is 0 Å². The summed E-state index contributed by atoms with van der Waals surface area (Å²) in [4.78, 5) is 4.29. The highest BCUT2D eigenvalue weighted by Crippen LogP contribution is 2.41. The molecule has 0 aliphatic carbocycles. The fraction of sp³-hybridized carbons (Fsp3) is 0.0714. The van der Waals surface area contributed by atoms with Crippen LogP contribution in [0.25, 0.3) is 26.5 Å². The molecule has 0 saturated heterocycles. The second-order valence-corrected chi connectivity index (χ2v) is 6.10. The standard InChI is InChI=1S/C14H8F3N2O2S/c15-14(16,17)22(20,21)19-13-9-5-1-3-7-11(9)18-12-8-4-2-6-10(12)13/h1-8H/q-1. The summed E-state index contributed by atoms with van der Waals surface area (Å²) in [6, 6.07) is 12.6. The van der Waals surface area contributed by atoms with E-state index in [1.165, 1.54) is 12.1 Å². The summed E-state index contributed by atoms with van der Waals surface area (Å²) in [5.74, 6) is 0. The van der Waals surface area contributed by atoms with E-state index in [-0.39, 0.29) is 16.5 Å². The van der Waals surface area contributed by atoms with Crippen molar-refractivity contribution in [1.29, 1.82) is 0 Å². The van der Waals surface area contributed by atoms with Crippen molar-refractivity contribution < 1.29 is 21.6 Å². The highest BCUT2D eigenvalue weighted by molar-refractivity contribution is 7.95. The van der Waals surface area contributed by atoms with Gasteiger partial charge in [0.2, 0.25) is 0 Å². The van der Waals surface area contributed by atoms with Gasteiger partial charge in [-0.1, -0.05) is 36.4 Å². The Morgan fingerprint density at radius 1 is 0.864 bits per heavy atom. The minimum atomic E-state index is -5.64. The molecule has 0 fully saturated rings. The Bertz CT molecular complexity index is 915. The predicted molar refractivity (Wildman–Crippen MR) is 77.2 cm³/mol. The molecular formula is C14H8F3N2O2S-. The molecule has 0 N–H and O–H groups in total. The number of hydrogen-bond donors (Lipinski definition) is 0. The normalized spacial score (nSPS) is 12.7. The maximum atomic E-state index is 12.6. The number of nitrogens with zero attached hydrogens (tertiary/aromatic N) is 2. The van der Waals surface area contributed by atoms with Crippen molar-refractivity contribution in [3.8, 4) is 0 Å². The van der Waals surface area contributed by atoms with Gasteiger partial charge in [0.05, 0.1) is 11.0 Å². The number of alkyl halides is 3. The molecule has 0 aliphatic heterocycles. The summed E-state index contributed by atoms with van der Waals surface area (Å²) in [6.45, 7) is 0. The molecule has 3 rings (SSSR count). The summed E-state index contributed by atoms with van der Waals surface area (Å²) >= 11 is 0. The van der Waals surface area contributed by atoms with E-state index in [0.717, 1.165) is 0 Å². The van der Waals surface area contributed by atoms with Gasteiger partial charge in [-0.3, -0.25) is 0 Å². The highest BCUT2D eigenvalue weighted by Gasteiger charge is 2.39. The smallest absolute Gasteiger partial charge is 0.483 e. The Hall–Kier alpha value is -2.35. The molecule has 0 radical (unpaired) electrons. The summed E-state index contributed by atoms with van der Waals surface area (Å²) < 4.78 is 63.7. The third-order valence-electron chi connectivity index (χ3n) is 3.06. The lowest BCUT2D eigenvalue weighted by atomic mass is 10.1. The number of fused-ring (bicyclic) bond motifs is 2. The SMILES string of the molecule is O=S(=O)([N-]c1c2ccccc2nc2ccccc12)C(F)(F)F. The van der Waals surface area contributed by atoms with Gasteiger partial charge in [-0.25, -0.2) is 13.4 Å². The zero-order valence-electron chi connectivity index (χ0n) is 10.9. The quantitative estimate of drug-likeness (QED) is 0.662. The first-order valence-corrected chi connectivity index (χ1v) is 7.55. The second kappa shape index (κ2) is 4.84. The van der Waals surface area contributed by atoms with Crippen LogP contribution in [-0.4, -0.2) is 18.9 Å².